The Hall–Kier alpha value is -3.79. The summed E-state index contributed by atoms with van der Waals surface area (Å²) in [5.41, 5.74) is 6.83. The van der Waals surface area contributed by atoms with Crippen LogP contribution in [0, 0.1) is 5.82 Å². The molecule has 0 radical (unpaired) electrons. The molecule has 2 amide bonds. The highest BCUT2D eigenvalue weighted by Gasteiger charge is 2.44. The Morgan fingerprint density at radius 1 is 1.26 bits per heavy atom. The lowest BCUT2D eigenvalue weighted by atomic mass is 9.92. The van der Waals surface area contributed by atoms with E-state index in [4.69, 9.17) is 22.1 Å². The minimum Gasteiger partial charge on any atom is -0.456 e. The van der Waals surface area contributed by atoms with Crippen molar-refractivity contribution in [1.82, 2.24) is 9.88 Å². The van der Waals surface area contributed by atoms with E-state index in [1.54, 1.807) is 0 Å². The van der Waals surface area contributed by atoms with Gasteiger partial charge in [0.1, 0.15) is 11.9 Å². The molecule has 0 spiro atoms. The highest BCUT2D eigenvalue weighted by Crippen LogP contribution is 2.39. The Balaban J connectivity index is 1.41. The Kier molecular flexibility index (Phi) is 6.83. The number of hydrogen-bond acceptors (Lipinski definition) is 7. The number of halogens is 2. The molecule has 11 heteroatoms. The molecule has 1 unspecified atom stereocenters. The van der Waals surface area contributed by atoms with E-state index >= 15 is 0 Å². The lowest BCUT2D eigenvalue weighted by molar-refractivity contribution is -0.152. The molecule has 2 atom stereocenters. The van der Waals surface area contributed by atoms with Crippen LogP contribution in [0.2, 0.25) is 5.02 Å². The summed E-state index contributed by atoms with van der Waals surface area (Å²) in [6.07, 6.45) is 3.70. The van der Waals surface area contributed by atoms with E-state index in [0.29, 0.717) is 30.7 Å². The SMILES string of the molecule is CC(=O)Nc1ccc(C(=O)COC(=O)[C@H]2CCC3CC(c4c(N)ccc(Cl)c4F)=CC(=O)N32)cn1. The average molecular weight is 501 g/mol. The molecule has 2 aliphatic rings. The van der Waals surface area contributed by atoms with Gasteiger partial charge in [0, 0.05) is 42.1 Å². The summed E-state index contributed by atoms with van der Waals surface area (Å²) in [6.45, 7) is 0.816. The number of Topliss-reactive ketones (excluding diaryl/α,β-unsaturated/α-hetero) is 1. The monoisotopic (exact) mass is 500 g/mol. The van der Waals surface area contributed by atoms with Crippen LogP contribution in [0.3, 0.4) is 0 Å². The molecule has 3 N–H and O–H groups in total. The maximum absolute atomic E-state index is 14.6. The molecular weight excluding hydrogens is 479 g/mol. The smallest absolute Gasteiger partial charge is 0.329 e. The zero-order chi connectivity index (χ0) is 25.3. The predicted octanol–water partition coefficient (Wildman–Crippen LogP) is 2.99. The molecule has 182 valence electrons. The molecule has 1 aromatic carbocycles. The Bertz CT molecular complexity index is 1250. The van der Waals surface area contributed by atoms with E-state index in [0.717, 1.165) is 0 Å². The van der Waals surface area contributed by atoms with Crippen LogP contribution in [0.5, 0.6) is 0 Å². The summed E-state index contributed by atoms with van der Waals surface area (Å²) in [5.74, 6) is -2.32. The summed E-state index contributed by atoms with van der Waals surface area (Å²) in [4.78, 5) is 54.4. The second kappa shape index (κ2) is 9.83. The molecule has 4 rings (SSSR count). The summed E-state index contributed by atoms with van der Waals surface area (Å²) < 4.78 is 19.8. The van der Waals surface area contributed by atoms with Crippen LogP contribution in [0.4, 0.5) is 15.9 Å². The van der Waals surface area contributed by atoms with Crippen molar-refractivity contribution in [2.45, 2.75) is 38.3 Å². The van der Waals surface area contributed by atoms with Crippen LogP contribution in [0.25, 0.3) is 5.57 Å². The van der Waals surface area contributed by atoms with E-state index in [2.05, 4.69) is 10.3 Å². The van der Waals surface area contributed by atoms with Crippen molar-refractivity contribution in [1.29, 1.82) is 0 Å². The van der Waals surface area contributed by atoms with Gasteiger partial charge in [-0.25, -0.2) is 14.2 Å². The number of anilines is 2. The standard InChI is InChI=1S/C24H22ClFN4O5/c1-12(31)29-20-7-2-13(10-28-20)19(32)11-35-24(34)18-6-3-15-8-14(9-21(33)30(15)18)22-17(27)5-4-16(25)23(22)26/h2,4-5,7,9-10,15,18H,3,6,8,11,27H2,1H3,(H,28,29,31)/t15?,18-/m1/s1. The molecule has 2 aliphatic heterocycles. The van der Waals surface area contributed by atoms with Gasteiger partial charge in [-0.1, -0.05) is 11.6 Å². The van der Waals surface area contributed by atoms with Crippen molar-refractivity contribution in [3.8, 4) is 0 Å². The summed E-state index contributed by atoms with van der Waals surface area (Å²) in [6, 6.07) is 4.57. The van der Waals surface area contributed by atoms with E-state index in [-0.39, 0.29) is 33.8 Å². The topological polar surface area (TPSA) is 132 Å². The third kappa shape index (κ3) is 5.02. The minimum absolute atomic E-state index is 0.0949. The van der Waals surface area contributed by atoms with Crippen molar-refractivity contribution in [2.24, 2.45) is 0 Å². The van der Waals surface area contributed by atoms with E-state index < -0.39 is 36.1 Å². The minimum atomic E-state index is -0.847. The molecule has 0 aliphatic carbocycles. The van der Waals surface area contributed by atoms with Gasteiger partial charge in [0.25, 0.3) is 0 Å². The largest absolute Gasteiger partial charge is 0.456 e. The van der Waals surface area contributed by atoms with E-state index in [9.17, 15) is 23.6 Å². The molecule has 1 fully saturated rings. The number of amides is 2. The normalized spacial score (nSPS) is 19.1. The maximum Gasteiger partial charge on any atom is 0.329 e. The molecule has 2 aromatic rings. The Morgan fingerprint density at radius 2 is 2.03 bits per heavy atom. The van der Waals surface area contributed by atoms with Gasteiger partial charge in [0.2, 0.25) is 17.6 Å². The molecule has 0 bridgehead atoms. The fourth-order valence-electron chi connectivity index (χ4n) is 4.38. The number of carbonyl (C=O) groups is 4. The molecule has 3 heterocycles. The first-order valence-electron chi connectivity index (χ1n) is 10.9. The number of aromatic nitrogens is 1. The van der Waals surface area contributed by atoms with Gasteiger partial charge in [0.15, 0.2) is 12.4 Å². The first-order chi connectivity index (χ1) is 16.7. The molecule has 9 nitrogen and oxygen atoms in total. The zero-order valence-electron chi connectivity index (χ0n) is 18.7. The number of nitrogens with zero attached hydrogens (tertiary/aromatic N) is 2. The highest BCUT2D eigenvalue weighted by molar-refractivity contribution is 6.31. The van der Waals surface area contributed by atoms with Crippen molar-refractivity contribution in [3.63, 3.8) is 0 Å². The van der Waals surface area contributed by atoms with Gasteiger partial charge in [-0.05, 0) is 49.1 Å². The second-order valence-corrected chi connectivity index (χ2v) is 8.74. The van der Waals surface area contributed by atoms with Crippen LogP contribution in [-0.4, -0.2) is 52.1 Å². The van der Waals surface area contributed by atoms with Crippen LogP contribution >= 0.6 is 11.6 Å². The van der Waals surface area contributed by atoms with Crippen molar-refractivity contribution >= 4 is 52.2 Å². The third-order valence-electron chi connectivity index (χ3n) is 5.97. The van der Waals surface area contributed by atoms with E-state index in [1.165, 1.54) is 48.4 Å². The fraction of sp³-hybridized carbons (Fsp3) is 0.292. The van der Waals surface area contributed by atoms with E-state index in [1.807, 2.05) is 0 Å². The number of rotatable bonds is 6. The summed E-state index contributed by atoms with van der Waals surface area (Å²) >= 11 is 5.89. The van der Waals surface area contributed by atoms with Gasteiger partial charge < -0.3 is 20.7 Å². The third-order valence-corrected chi connectivity index (χ3v) is 6.26. The van der Waals surface area contributed by atoms with Crippen molar-refractivity contribution in [3.05, 3.63) is 58.5 Å². The number of carbonyl (C=O) groups excluding carboxylic acids is 4. The van der Waals surface area contributed by atoms with Crippen LogP contribution in [0.1, 0.15) is 42.1 Å². The van der Waals surface area contributed by atoms with Crippen molar-refractivity contribution < 1.29 is 28.3 Å². The first-order valence-corrected chi connectivity index (χ1v) is 11.2. The second-order valence-electron chi connectivity index (χ2n) is 8.34. The first kappa shape index (κ1) is 24.3. The van der Waals surface area contributed by atoms with Crippen LogP contribution in [0.15, 0.2) is 36.5 Å². The maximum atomic E-state index is 14.6. The Labute approximate surface area is 205 Å². The zero-order valence-corrected chi connectivity index (χ0v) is 19.5. The number of nitrogen functional groups attached to an aromatic ring is 1. The van der Waals surface area contributed by atoms with Crippen molar-refractivity contribution in [2.75, 3.05) is 17.7 Å². The molecule has 1 saturated heterocycles. The highest BCUT2D eigenvalue weighted by atomic mass is 35.5. The number of benzene rings is 1. The number of fused-ring (bicyclic) bond motifs is 1. The fourth-order valence-corrected chi connectivity index (χ4v) is 4.54. The number of nitrogens with one attached hydrogen (secondary N) is 1. The molecule has 1 aromatic heterocycles. The van der Waals surface area contributed by atoms with Crippen LogP contribution < -0.4 is 11.1 Å². The van der Waals surface area contributed by atoms with Crippen LogP contribution in [-0.2, 0) is 19.1 Å². The lowest BCUT2D eigenvalue weighted by Crippen LogP contribution is -2.47. The predicted molar refractivity (Wildman–Crippen MR) is 126 cm³/mol. The molecule has 35 heavy (non-hydrogen) atoms. The number of esters is 1. The number of ether oxygens (including phenoxy) is 1. The number of ketones is 1. The lowest BCUT2D eigenvalue weighted by Gasteiger charge is -2.33. The number of hydrogen-bond donors (Lipinski definition) is 2. The molecular formula is C24H22ClFN4O5. The summed E-state index contributed by atoms with van der Waals surface area (Å²) in [7, 11) is 0. The number of nitrogens with two attached hydrogens (primary N) is 1. The molecule has 0 saturated carbocycles. The summed E-state index contributed by atoms with van der Waals surface area (Å²) in [5, 5.41) is 2.39. The van der Waals surface area contributed by atoms with Gasteiger partial charge in [-0.15, -0.1) is 0 Å². The van der Waals surface area contributed by atoms with Gasteiger partial charge >= 0.3 is 5.97 Å². The van der Waals surface area contributed by atoms with Gasteiger partial charge in [-0.2, -0.15) is 0 Å². The average Bonchev–Trinajstić information content (AvgIpc) is 3.25. The number of pyridine rings is 1. The Morgan fingerprint density at radius 3 is 2.71 bits per heavy atom. The quantitative estimate of drug-likeness (QED) is 0.354. The van der Waals surface area contributed by atoms with Gasteiger partial charge in [0.05, 0.1) is 5.02 Å². The van der Waals surface area contributed by atoms with Gasteiger partial charge in [-0.3, -0.25) is 14.4 Å².